The van der Waals surface area contributed by atoms with Gasteiger partial charge in [0.25, 0.3) is 0 Å². The summed E-state index contributed by atoms with van der Waals surface area (Å²) in [5.41, 5.74) is 2.47. The maximum Gasteiger partial charge on any atom is 0.239 e. The summed E-state index contributed by atoms with van der Waals surface area (Å²) in [6.45, 7) is 2.89. The third kappa shape index (κ3) is 4.19. The first-order valence-electron chi connectivity index (χ1n) is 9.07. The summed E-state index contributed by atoms with van der Waals surface area (Å²) in [5.74, 6) is 0.989. The molecule has 0 radical (unpaired) electrons. The van der Waals surface area contributed by atoms with Crippen LogP contribution in [0.5, 0.6) is 0 Å². The Morgan fingerprint density at radius 1 is 1.32 bits per heavy atom. The molecule has 1 amide bonds. The topological polar surface area (TPSA) is 57.8 Å². The highest BCUT2D eigenvalue weighted by molar-refractivity contribution is 7.99. The molecular formula is C20H25N3OS. The standard InChI is InChI=1S/C20H25N3OS/c1-15-18(13-21)17-9-5-6-10-19(17)23(15)14-20(24)22-11-12-25-16-7-3-2-4-8-16/h5-6,9-10,16H,2-4,7-8,11-12,14H2,1H3,(H,22,24). The first-order chi connectivity index (χ1) is 12.2. The van der Waals surface area contributed by atoms with E-state index in [2.05, 4.69) is 11.4 Å². The van der Waals surface area contributed by atoms with E-state index in [4.69, 9.17) is 0 Å². The third-order valence-corrected chi connectivity index (χ3v) is 6.36. The van der Waals surface area contributed by atoms with Crippen LogP contribution in [0.15, 0.2) is 24.3 Å². The first kappa shape index (κ1) is 17.9. The van der Waals surface area contributed by atoms with E-state index in [1.165, 1.54) is 32.1 Å². The van der Waals surface area contributed by atoms with Gasteiger partial charge in [-0.25, -0.2) is 0 Å². The van der Waals surface area contributed by atoms with Crippen LogP contribution in [0.1, 0.15) is 43.4 Å². The van der Waals surface area contributed by atoms with Crippen molar-refractivity contribution in [3.63, 3.8) is 0 Å². The van der Waals surface area contributed by atoms with Crippen LogP contribution >= 0.6 is 11.8 Å². The minimum Gasteiger partial charge on any atom is -0.354 e. The van der Waals surface area contributed by atoms with Crippen molar-refractivity contribution in [3.8, 4) is 6.07 Å². The zero-order chi connectivity index (χ0) is 17.6. The minimum atomic E-state index is 0.0117. The third-order valence-electron chi connectivity index (χ3n) is 4.97. The van der Waals surface area contributed by atoms with Crippen molar-refractivity contribution in [2.24, 2.45) is 0 Å². The van der Waals surface area contributed by atoms with Crippen LogP contribution in [-0.2, 0) is 11.3 Å². The van der Waals surface area contributed by atoms with Gasteiger partial charge in [-0.1, -0.05) is 37.5 Å². The number of fused-ring (bicyclic) bond motifs is 1. The summed E-state index contributed by atoms with van der Waals surface area (Å²) >= 11 is 1.99. The summed E-state index contributed by atoms with van der Waals surface area (Å²) < 4.78 is 1.94. The zero-order valence-electron chi connectivity index (χ0n) is 14.8. The summed E-state index contributed by atoms with van der Waals surface area (Å²) in [6.07, 6.45) is 6.73. The molecule has 1 aromatic heterocycles. The van der Waals surface area contributed by atoms with Gasteiger partial charge in [0, 0.05) is 28.6 Å². The number of amides is 1. The molecule has 4 nitrogen and oxygen atoms in total. The molecular weight excluding hydrogens is 330 g/mol. The lowest BCUT2D eigenvalue weighted by Gasteiger charge is -2.20. The van der Waals surface area contributed by atoms with Crippen LogP contribution in [0.25, 0.3) is 10.9 Å². The highest BCUT2D eigenvalue weighted by Crippen LogP contribution is 2.28. The number of thioether (sulfide) groups is 1. The Labute approximate surface area is 153 Å². The molecule has 1 aliphatic carbocycles. The average molecular weight is 356 g/mol. The fraction of sp³-hybridized carbons (Fsp3) is 0.500. The van der Waals surface area contributed by atoms with E-state index < -0.39 is 0 Å². The van der Waals surface area contributed by atoms with Gasteiger partial charge < -0.3 is 9.88 Å². The lowest BCUT2D eigenvalue weighted by Crippen LogP contribution is -2.30. The zero-order valence-corrected chi connectivity index (χ0v) is 15.6. The van der Waals surface area contributed by atoms with E-state index in [1.54, 1.807) is 0 Å². The summed E-state index contributed by atoms with van der Waals surface area (Å²) in [5, 5.41) is 14.1. The Hall–Kier alpha value is -1.93. The van der Waals surface area contributed by atoms with E-state index >= 15 is 0 Å². The predicted octanol–water partition coefficient (Wildman–Crippen LogP) is 4.00. The number of nitriles is 1. The molecule has 1 N–H and O–H groups in total. The van der Waals surface area contributed by atoms with Crippen molar-refractivity contribution in [2.45, 2.75) is 50.8 Å². The minimum absolute atomic E-state index is 0.0117. The van der Waals surface area contributed by atoms with E-state index in [0.29, 0.717) is 12.1 Å². The summed E-state index contributed by atoms with van der Waals surface area (Å²) in [4.78, 5) is 12.3. The molecule has 0 atom stereocenters. The molecule has 1 aromatic carbocycles. The fourth-order valence-electron chi connectivity index (χ4n) is 3.62. The van der Waals surface area contributed by atoms with Gasteiger partial charge in [0.15, 0.2) is 0 Å². The second-order valence-electron chi connectivity index (χ2n) is 6.66. The maximum atomic E-state index is 12.3. The van der Waals surface area contributed by atoms with Crippen molar-refractivity contribution >= 4 is 28.6 Å². The van der Waals surface area contributed by atoms with Crippen molar-refractivity contribution in [1.82, 2.24) is 9.88 Å². The van der Waals surface area contributed by atoms with Gasteiger partial charge >= 0.3 is 0 Å². The summed E-state index contributed by atoms with van der Waals surface area (Å²) in [6, 6.07) is 10.0. The largest absolute Gasteiger partial charge is 0.354 e. The number of nitrogens with zero attached hydrogens (tertiary/aromatic N) is 2. The van der Waals surface area contributed by atoms with Crippen LogP contribution < -0.4 is 5.32 Å². The Kier molecular flexibility index (Phi) is 6.04. The second kappa shape index (κ2) is 8.44. The SMILES string of the molecule is Cc1c(C#N)c2ccccc2n1CC(=O)NCCSC1CCCCC1. The van der Waals surface area contributed by atoms with Gasteiger partial charge in [-0.3, -0.25) is 4.79 Å². The number of carbonyl (C=O) groups is 1. The highest BCUT2D eigenvalue weighted by atomic mass is 32.2. The smallest absolute Gasteiger partial charge is 0.239 e. The number of hydrogen-bond acceptors (Lipinski definition) is 3. The quantitative estimate of drug-likeness (QED) is 0.797. The lowest BCUT2D eigenvalue weighted by atomic mass is 10.0. The normalized spacial score (nSPS) is 15.2. The van der Waals surface area contributed by atoms with Gasteiger partial charge in [0.2, 0.25) is 5.91 Å². The molecule has 0 spiro atoms. The Bertz CT molecular complexity index is 784. The van der Waals surface area contributed by atoms with Crippen molar-refractivity contribution in [3.05, 3.63) is 35.5 Å². The molecule has 0 saturated heterocycles. The van der Waals surface area contributed by atoms with E-state index in [0.717, 1.165) is 27.6 Å². The van der Waals surface area contributed by atoms with Crippen LogP contribution in [0.4, 0.5) is 0 Å². The van der Waals surface area contributed by atoms with Gasteiger partial charge in [0.05, 0.1) is 11.1 Å². The van der Waals surface area contributed by atoms with Crippen LogP contribution in [0.3, 0.4) is 0 Å². The maximum absolute atomic E-state index is 12.3. The molecule has 132 valence electrons. The summed E-state index contributed by atoms with van der Waals surface area (Å²) in [7, 11) is 0. The Morgan fingerprint density at radius 2 is 2.08 bits per heavy atom. The van der Waals surface area contributed by atoms with Gasteiger partial charge in [-0.2, -0.15) is 17.0 Å². The van der Waals surface area contributed by atoms with Gasteiger partial charge in [-0.15, -0.1) is 0 Å². The molecule has 1 fully saturated rings. The molecule has 1 saturated carbocycles. The second-order valence-corrected chi connectivity index (χ2v) is 8.06. The van der Waals surface area contributed by atoms with Crippen LogP contribution in [0.2, 0.25) is 0 Å². The van der Waals surface area contributed by atoms with Crippen LogP contribution in [0, 0.1) is 18.3 Å². The van der Waals surface area contributed by atoms with E-state index in [9.17, 15) is 10.1 Å². The monoisotopic (exact) mass is 355 g/mol. The number of rotatable bonds is 6. The van der Waals surface area contributed by atoms with E-state index in [1.807, 2.05) is 47.5 Å². The molecule has 1 heterocycles. The number of carbonyl (C=O) groups excluding carboxylic acids is 1. The molecule has 0 unspecified atom stereocenters. The molecule has 2 aromatic rings. The number of benzene rings is 1. The number of aromatic nitrogens is 1. The first-order valence-corrected chi connectivity index (χ1v) is 10.1. The Balaban J connectivity index is 1.55. The number of para-hydroxylation sites is 1. The number of hydrogen-bond donors (Lipinski definition) is 1. The van der Waals surface area contributed by atoms with E-state index in [-0.39, 0.29) is 12.5 Å². The molecule has 0 bridgehead atoms. The highest BCUT2D eigenvalue weighted by Gasteiger charge is 2.16. The molecule has 5 heteroatoms. The van der Waals surface area contributed by atoms with Gasteiger partial charge in [-0.05, 0) is 25.8 Å². The predicted molar refractivity (Wildman–Crippen MR) is 104 cm³/mol. The Morgan fingerprint density at radius 3 is 2.84 bits per heavy atom. The molecule has 25 heavy (non-hydrogen) atoms. The van der Waals surface area contributed by atoms with Gasteiger partial charge in [0.1, 0.15) is 12.6 Å². The van der Waals surface area contributed by atoms with Crippen molar-refractivity contribution in [1.29, 1.82) is 5.26 Å². The van der Waals surface area contributed by atoms with Crippen LogP contribution in [-0.4, -0.2) is 28.0 Å². The average Bonchev–Trinajstić information content (AvgIpc) is 2.91. The molecule has 0 aliphatic heterocycles. The number of nitrogens with one attached hydrogen (secondary N) is 1. The molecule has 3 rings (SSSR count). The van der Waals surface area contributed by atoms with Crippen molar-refractivity contribution < 1.29 is 4.79 Å². The fourth-order valence-corrected chi connectivity index (χ4v) is 4.84. The lowest BCUT2D eigenvalue weighted by molar-refractivity contribution is -0.121. The molecule has 1 aliphatic rings. The van der Waals surface area contributed by atoms with Crippen molar-refractivity contribution in [2.75, 3.05) is 12.3 Å².